The van der Waals surface area contributed by atoms with Gasteiger partial charge in [-0.3, -0.25) is 0 Å². The molecule has 0 aliphatic heterocycles. The Morgan fingerprint density at radius 3 is 2.36 bits per heavy atom. The van der Waals surface area contributed by atoms with Gasteiger partial charge in [-0.05, 0) is 33.9 Å². The predicted molar refractivity (Wildman–Crippen MR) is 48.9 cm³/mol. The van der Waals surface area contributed by atoms with E-state index in [0.29, 0.717) is 6.10 Å². The highest BCUT2D eigenvalue weighted by atomic mass is 16.5. The van der Waals surface area contributed by atoms with Gasteiger partial charge in [0, 0.05) is 6.54 Å². The molecule has 11 heavy (non-hydrogen) atoms. The smallest absolute Gasteiger partial charge is 0.0596 e. The molecule has 0 aliphatic rings. The lowest BCUT2D eigenvalue weighted by Crippen LogP contribution is -2.24. The molecule has 0 spiro atoms. The molecular weight excluding hydrogens is 138 g/mol. The molecule has 0 amide bonds. The van der Waals surface area contributed by atoms with E-state index in [-0.39, 0.29) is 0 Å². The zero-order valence-electron chi connectivity index (χ0n) is 8.26. The Labute approximate surface area is 70.5 Å². The summed E-state index contributed by atoms with van der Waals surface area (Å²) >= 11 is 0. The van der Waals surface area contributed by atoms with E-state index in [9.17, 15) is 0 Å². The molecule has 0 saturated heterocycles. The number of hydrogen-bond donors (Lipinski definition) is 0. The Morgan fingerprint density at radius 1 is 1.27 bits per heavy atom. The molecule has 2 heteroatoms. The molecule has 2 nitrogen and oxygen atoms in total. The lowest BCUT2D eigenvalue weighted by molar-refractivity contribution is 0.0639. The molecule has 0 aliphatic carbocycles. The second-order valence-electron chi connectivity index (χ2n) is 3.22. The Hall–Kier alpha value is -0.0800. The molecule has 0 atom stereocenters. The van der Waals surface area contributed by atoms with Crippen LogP contribution in [0.2, 0.25) is 0 Å². The Kier molecular flexibility index (Phi) is 6.57. The average Bonchev–Trinajstić information content (AvgIpc) is 1.87. The van der Waals surface area contributed by atoms with Crippen molar-refractivity contribution < 1.29 is 4.74 Å². The van der Waals surface area contributed by atoms with E-state index in [1.165, 1.54) is 13.0 Å². The van der Waals surface area contributed by atoms with Crippen LogP contribution in [-0.4, -0.2) is 37.7 Å². The van der Waals surface area contributed by atoms with Crippen molar-refractivity contribution in [2.75, 3.05) is 26.7 Å². The van der Waals surface area contributed by atoms with E-state index >= 15 is 0 Å². The van der Waals surface area contributed by atoms with Gasteiger partial charge >= 0.3 is 0 Å². The number of hydrogen-bond acceptors (Lipinski definition) is 2. The summed E-state index contributed by atoms with van der Waals surface area (Å²) in [5.41, 5.74) is 0. The fraction of sp³-hybridized carbons (Fsp3) is 1.00. The maximum absolute atomic E-state index is 5.42. The highest BCUT2D eigenvalue weighted by Gasteiger charge is 1.96. The molecule has 0 aromatic heterocycles. The summed E-state index contributed by atoms with van der Waals surface area (Å²) in [6.07, 6.45) is 1.59. The number of nitrogens with zero attached hydrogens (tertiary/aromatic N) is 1. The standard InChI is InChI=1S/C9H21NO/c1-5-6-10(4)7-8-11-9(2)3/h9H,5-8H2,1-4H3. The first-order chi connectivity index (χ1) is 5.16. The molecule has 0 unspecified atom stereocenters. The molecule has 68 valence electrons. The van der Waals surface area contributed by atoms with Crippen molar-refractivity contribution in [1.29, 1.82) is 0 Å². The van der Waals surface area contributed by atoms with Crippen molar-refractivity contribution >= 4 is 0 Å². The Balaban J connectivity index is 3.10. The topological polar surface area (TPSA) is 12.5 Å². The molecule has 0 heterocycles. The first-order valence-corrected chi connectivity index (χ1v) is 4.47. The molecule has 0 fully saturated rings. The fourth-order valence-electron chi connectivity index (χ4n) is 0.938. The SMILES string of the molecule is CCCN(C)CCOC(C)C. The second-order valence-corrected chi connectivity index (χ2v) is 3.22. The van der Waals surface area contributed by atoms with Crippen molar-refractivity contribution in [2.24, 2.45) is 0 Å². The third-order valence-corrected chi connectivity index (χ3v) is 1.53. The molecule has 0 aromatic carbocycles. The minimum absolute atomic E-state index is 0.366. The van der Waals surface area contributed by atoms with E-state index in [1.807, 2.05) is 0 Å². The van der Waals surface area contributed by atoms with E-state index in [0.717, 1.165) is 13.2 Å². The van der Waals surface area contributed by atoms with Crippen molar-refractivity contribution in [2.45, 2.75) is 33.3 Å². The van der Waals surface area contributed by atoms with E-state index in [4.69, 9.17) is 4.74 Å². The molecule has 0 rings (SSSR count). The van der Waals surface area contributed by atoms with E-state index in [2.05, 4.69) is 32.7 Å². The van der Waals surface area contributed by atoms with Gasteiger partial charge in [0.2, 0.25) is 0 Å². The highest BCUT2D eigenvalue weighted by molar-refractivity contribution is 4.48. The maximum Gasteiger partial charge on any atom is 0.0596 e. The second kappa shape index (κ2) is 6.62. The molecule has 0 saturated carbocycles. The number of rotatable bonds is 6. The lowest BCUT2D eigenvalue weighted by Gasteiger charge is -2.16. The monoisotopic (exact) mass is 159 g/mol. The van der Waals surface area contributed by atoms with Crippen LogP contribution in [0.3, 0.4) is 0 Å². The van der Waals surface area contributed by atoms with Gasteiger partial charge < -0.3 is 9.64 Å². The molecule has 0 bridgehead atoms. The highest BCUT2D eigenvalue weighted by Crippen LogP contribution is 1.90. The minimum atomic E-state index is 0.366. The first kappa shape index (κ1) is 10.9. The van der Waals surface area contributed by atoms with E-state index < -0.39 is 0 Å². The predicted octanol–water partition coefficient (Wildman–Crippen LogP) is 1.75. The van der Waals surface area contributed by atoms with Crippen LogP contribution < -0.4 is 0 Å². The van der Waals surface area contributed by atoms with Crippen molar-refractivity contribution in [1.82, 2.24) is 4.90 Å². The summed E-state index contributed by atoms with van der Waals surface area (Å²) in [6, 6.07) is 0. The lowest BCUT2D eigenvalue weighted by atomic mass is 10.4. The van der Waals surface area contributed by atoms with Gasteiger partial charge in [0.25, 0.3) is 0 Å². The largest absolute Gasteiger partial charge is 0.377 e. The van der Waals surface area contributed by atoms with Gasteiger partial charge in [-0.2, -0.15) is 0 Å². The van der Waals surface area contributed by atoms with Gasteiger partial charge in [0.15, 0.2) is 0 Å². The van der Waals surface area contributed by atoms with Crippen molar-refractivity contribution in [3.63, 3.8) is 0 Å². The number of likely N-dealkylation sites (N-methyl/N-ethyl adjacent to an activating group) is 1. The summed E-state index contributed by atoms with van der Waals surface area (Å²) in [4.78, 5) is 2.29. The zero-order chi connectivity index (χ0) is 8.69. The van der Waals surface area contributed by atoms with Gasteiger partial charge in [-0.1, -0.05) is 6.92 Å². The normalized spacial score (nSPS) is 11.5. The van der Waals surface area contributed by atoms with Crippen LogP contribution in [0.15, 0.2) is 0 Å². The number of ether oxygens (including phenoxy) is 1. The van der Waals surface area contributed by atoms with Gasteiger partial charge in [-0.15, -0.1) is 0 Å². The molecule has 0 aromatic rings. The van der Waals surface area contributed by atoms with Crippen LogP contribution in [0.5, 0.6) is 0 Å². The zero-order valence-corrected chi connectivity index (χ0v) is 8.26. The summed E-state index contributed by atoms with van der Waals surface area (Å²) in [5, 5.41) is 0. The van der Waals surface area contributed by atoms with Gasteiger partial charge in [0.05, 0.1) is 12.7 Å². The Bertz CT molecular complexity index is 83.6. The van der Waals surface area contributed by atoms with Crippen LogP contribution in [0.1, 0.15) is 27.2 Å². The summed E-state index contributed by atoms with van der Waals surface area (Å²) in [7, 11) is 2.13. The molecule has 0 N–H and O–H groups in total. The third kappa shape index (κ3) is 7.82. The van der Waals surface area contributed by atoms with Gasteiger partial charge in [0.1, 0.15) is 0 Å². The summed E-state index contributed by atoms with van der Waals surface area (Å²) in [6.45, 7) is 9.40. The van der Waals surface area contributed by atoms with Crippen LogP contribution in [-0.2, 0) is 4.74 Å². The third-order valence-electron chi connectivity index (χ3n) is 1.53. The minimum Gasteiger partial charge on any atom is -0.377 e. The molecular formula is C9H21NO. The average molecular weight is 159 g/mol. The quantitative estimate of drug-likeness (QED) is 0.585. The molecule has 0 radical (unpaired) electrons. The van der Waals surface area contributed by atoms with E-state index in [1.54, 1.807) is 0 Å². The summed E-state index contributed by atoms with van der Waals surface area (Å²) in [5.74, 6) is 0. The van der Waals surface area contributed by atoms with Crippen LogP contribution in [0.25, 0.3) is 0 Å². The first-order valence-electron chi connectivity index (χ1n) is 4.47. The van der Waals surface area contributed by atoms with Crippen molar-refractivity contribution in [3.05, 3.63) is 0 Å². The maximum atomic E-state index is 5.42. The van der Waals surface area contributed by atoms with Crippen LogP contribution >= 0.6 is 0 Å². The fourth-order valence-corrected chi connectivity index (χ4v) is 0.938. The van der Waals surface area contributed by atoms with Crippen molar-refractivity contribution in [3.8, 4) is 0 Å². The van der Waals surface area contributed by atoms with Gasteiger partial charge in [-0.25, -0.2) is 0 Å². The van der Waals surface area contributed by atoms with Crippen LogP contribution in [0.4, 0.5) is 0 Å². The summed E-state index contributed by atoms with van der Waals surface area (Å²) < 4.78 is 5.42. The Morgan fingerprint density at radius 2 is 1.91 bits per heavy atom. The van der Waals surface area contributed by atoms with Crippen LogP contribution in [0, 0.1) is 0 Å².